The Hall–Kier alpha value is -1.20. The highest BCUT2D eigenvalue weighted by molar-refractivity contribution is 9.10. The average Bonchev–Trinajstić information content (AvgIpc) is 2.73. The highest BCUT2D eigenvalue weighted by Crippen LogP contribution is 2.21. The minimum Gasteiger partial charge on any atom is -0.329 e. The van der Waals surface area contributed by atoms with Gasteiger partial charge in [-0.2, -0.15) is 0 Å². The minimum atomic E-state index is -0.238. The van der Waals surface area contributed by atoms with E-state index in [9.17, 15) is 4.39 Å². The van der Waals surface area contributed by atoms with Gasteiger partial charge >= 0.3 is 0 Å². The quantitative estimate of drug-likeness (QED) is 0.940. The van der Waals surface area contributed by atoms with E-state index in [1.807, 2.05) is 23.9 Å². The number of benzene rings is 1. The topological polar surface area (TPSA) is 29.9 Å². The van der Waals surface area contributed by atoms with Crippen LogP contribution in [0.25, 0.3) is 0 Å². The number of halogens is 2. The second-order valence-electron chi connectivity index (χ2n) is 3.71. The molecule has 0 amide bonds. The number of imidazole rings is 1. The van der Waals surface area contributed by atoms with Gasteiger partial charge in [0, 0.05) is 12.4 Å². The van der Waals surface area contributed by atoms with E-state index in [0.717, 1.165) is 11.4 Å². The second kappa shape index (κ2) is 5.42. The molecule has 0 radical (unpaired) electrons. The first kappa shape index (κ1) is 12.3. The Balaban J connectivity index is 2.25. The van der Waals surface area contributed by atoms with Crippen molar-refractivity contribution in [3.05, 3.63) is 52.3 Å². The van der Waals surface area contributed by atoms with Crippen molar-refractivity contribution in [1.82, 2.24) is 14.9 Å². The first-order valence-electron chi connectivity index (χ1n) is 5.30. The summed E-state index contributed by atoms with van der Waals surface area (Å²) < 4.78 is 15.9. The molecular weight excluding hydrogens is 285 g/mol. The van der Waals surface area contributed by atoms with Crippen molar-refractivity contribution >= 4 is 15.9 Å². The third kappa shape index (κ3) is 2.73. The molecular formula is C12H13BrFN3. The molecule has 17 heavy (non-hydrogen) atoms. The standard InChI is InChI=1S/C12H13BrFN3/c1-15-7-11-16-5-6-17(11)8-9-3-2-4-10(14)12(9)13/h2-6,15H,7-8H2,1H3. The van der Waals surface area contributed by atoms with Gasteiger partial charge in [-0.3, -0.25) is 0 Å². The van der Waals surface area contributed by atoms with E-state index in [2.05, 4.69) is 26.2 Å². The fourth-order valence-electron chi connectivity index (χ4n) is 1.66. The predicted molar refractivity (Wildman–Crippen MR) is 68.2 cm³/mol. The molecule has 0 atom stereocenters. The molecule has 2 rings (SSSR count). The predicted octanol–water partition coefficient (Wildman–Crippen LogP) is 2.55. The molecule has 90 valence electrons. The van der Waals surface area contributed by atoms with Crippen molar-refractivity contribution in [2.45, 2.75) is 13.1 Å². The van der Waals surface area contributed by atoms with E-state index in [1.54, 1.807) is 12.3 Å². The molecule has 0 spiro atoms. The van der Waals surface area contributed by atoms with Crippen molar-refractivity contribution in [2.75, 3.05) is 7.05 Å². The average molecular weight is 298 g/mol. The summed E-state index contributed by atoms with van der Waals surface area (Å²) in [4.78, 5) is 4.25. The van der Waals surface area contributed by atoms with Crippen molar-refractivity contribution < 1.29 is 4.39 Å². The van der Waals surface area contributed by atoms with Crippen LogP contribution in [0.3, 0.4) is 0 Å². The smallest absolute Gasteiger partial charge is 0.137 e. The molecule has 0 bridgehead atoms. The summed E-state index contributed by atoms with van der Waals surface area (Å²) in [6, 6.07) is 5.05. The minimum absolute atomic E-state index is 0.238. The van der Waals surface area contributed by atoms with Crippen LogP contribution in [0.2, 0.25) is 0 Å². The van der Waals surface area contributed by atoms with Crippen molar-refractivity contribution in [2.24, 2.45) is 0 Å². The number of rotatable bonds is 4. The summed E-state index contributed by atoms with van der Waals surface area (Å²) in [5.41, 5.74) is 0.903. The van der Waals surface area contributed by atoms with Crippen LogP contribution in [0.1, 0.15) is 11.4 Å². The van der Waals surface area contributed by atoms with Gasteiger partial charge in [0.2, 0.25) is 0 Å². The zero-order chi connectivity index (χ0) is 12.3. The Bertz CT molecular complexity index is 510. The van der Waals surface area contributed by atoms with Gasteiger partial charge in [-0.15, -0.1) is 0 Å². The van der Waals surface area contributed by atoms with E-state index < -0.39 is 0 Å². The van der Waals surface area contributed by atoms with Crippen LogP contribution in [0.15, 0.2) is 35.1 Å². The molecule has 0 saturated carbocycles. The Kier molecular flexibility index (Phi) is 3.91. The molecule has 0 unspecified atom stereocenters. The lowest BCUT2D eigenvalue weighted by Gasteiger charge is -2.09. The number of hydrogen-bond donors (Lipinski definition) is 1. The first-order chi connectivity index (χ1) is 8.22. The lowest BCUT2D eigenvalue weighted by atomic mass is 10.2. The van der Waals surface area contributed by atoms with E-state index in [-0.39, 0.29) is 5.82 Å². The summed E-state index contributed by atoms with van der Waals surface area (Å²) in [7, 11) is 1.87. The number of aromatic nitrogens is 2. The second-order valence-corrected chi connectivity index (χ2v) is 4.51. The van der Waals surface area contributed by atoms with E-state index >= 15 is 0 Å². The molecule has 1 heterocycles. The van der Waals surface area contributed by atoms with Gasteiger partial charge in [0.05, 0.1) is 17.6 Å². The van der Waals surface area contributed by atoms with Gasteiger partial charge in [0.15, 0.2) is 0 Å². The van der Waals surface area contributed by atoms with Crippen LogP contribution in [0.4, 0.5) is 4.39 Å². The molecule has 1 N–H and O–H groups in total. The molecule has 0 saturated heterocycles. The fraction of sp³-hybridized carbons (Fsp3) is 0.250. The third-order valence-electron chi connectivity index (χ3n) is 2.51. The Morgan fingerprint density at radius 3 is 3.06 bits per heavy atom. The van der Waals surface area contributed by atoms with Crippen molar-refractivity contribution in [3.8, 4) is 0 Å². The Morgan fingerprint density at radius 1 is 1.47 bits per heavy atom. The van der Waals surface area contributed by atoms with Crippen LogP contribution in [-0.2, 0) is 13.1 Å². The van der Waals surface area contributed by atoms with Crippen LogP contribution < -0.4 is 5.32 Å². The summed E-state index contributed by atoms with van der Waals surface area (Å²) in [6.45, 7) is 1.30. The summed E-state index contributed by atoms with van der Waals surface area (Å²) in [5, 5.41) is 3.05. The number of nitrogens with one attached hydrogen (secondary N) is 1. The van der Waals surface area contributed by atoms with Gasteiger partial charge in [-0.1, -0.05) is 12.1 Å². The summed E-state index contributed by atoms with van der Waals surface area (Å²) in [6.07, 6.45) is 3.64. The maximum absolute atomic E-state index is 13.4. The SMILES string of the molecule is CNCc1nccn1Cc1cccc(F)c1Br. The molecule has 1 aromatic heterocycles. The van der Waals surface area contributed by atoms with Crippen LogP contribution in [0, 0.1) is 5.82 Å². The number of hydrogen-bond acceptors (Lipinski definition) is 2. The maximum atomic E-state index is 13.4. The molecule has 0 aliphatic heterocycles. The maximum Gasteiger partial charge on any atom is 0.137 e. The molecule has 0 aliphatic rings. The van der Waals surface area contributed by atoms with Crippen LogP contribution in [0.5, 0.6) is 0 Å². The van der Waals surface area contributed by atoms with E-state index in [0.29, 0.717) is 17.6 Å². The highest BCUT2D eigenvalue weighted by atomic mass is 79.9. The molecule has 0 aliphatic carbocycles. The third-order valence-corrected chi connectivity index (χ3v) is 3.40. The highest BCUT2D eigenvalue weighted by Gasteiger charge is 2.08. The van der Waals surface area contributed by atoms with Crippen LogP contribution in [-0.4, -0.2) is 16.6 Å². The molecule has 2 aromatic rings. The lowest BCUT2D eigenvalue weighted by Crippen LogP contribution is -2.13. The van der Waals surface area contributed by atoms with Crippen LogP contribution >= 0.6 is 15.9 Å². The molecule has 5 heteroatoms. The largest absolute Gasteiger partial charge is 0.329 e. The van der Waals surface area contributed by atoms with Gasteiger partial charge in [-0.05, 0) is 34.6 Å². The molecule has 1 aromatic carbocycles. The van der Waals surface area contributed by atoms with E-state index in [4.69, 9.17) is 0 Å². The first-order valence-corrected chi connectivity index (χ1v) is 6.09. The molecule has 3 nitrogen and oxygen atoms in total. The normalized spacial score (nSPS) is 10.8. The monoisotopic (exact) mass is 297 g/mol. The van der Waals surface area contributed by atoms with Crippen molar-refractivity contribution in [1.29, 1.82) is 0 Å². The zero-order valence-corrected chi connectivity index (χ0v) is 11.0. The summed E-state index contributed by atoms with van der Waals surface area (Å²) >= 11 is 3.27. The van der Waals surface area contributed by atoms with Crippen molar-refractivity contribution in [3.63, 3.8) is 0 Å². The summed E-state index contributed by atoms with van der Waals surface area (Å²) in [5.74, 6) is 0.696. The Labute approximate surface area is 108 Å². The van der Waals surface area contributed by atoms with Gasteiger partial charge < -0.3 is 9.88 Å². The van der Waals surface area contributed by atoms with Gasteiger partial charge in [0.25, 0.3) is 0 Å². The zero-order valence-electron chi connectivity index (χ0n) is 9.45. The van der Waals surface area contributed by atoms with Gasteiger partial charge in [0.1, 0.15) is 11.6 Å². The number of nitrogens with zero attached hydrogens (tertiary/aromatic N) is 2. The van der Waals surface area contributed by atoms with Gasteiger partial charge in [-0.25, -0.2) is 9.37 Å². The Morgan fingerprint density at radius 2 is 2.29 bits per heavy atom. The van der Waals surface area contributed by atoms with E-state index in [1.165, 1.54) is 6.07 Å². The lowest BCUT2D eigenvalue weighted by molar-refractivity contribution is 0.612. The fourth-order valence-corrected chi connectivity index (χ4v) is 2.05. The molecule has 0 fully saturated rings.